The molecule has 0 bridgehead atoms. The summed E-state index contributed by atoms with van der Waals surface area (Å²) in [5.41, 5.74) is 2.28. The first-order valence-corrected chi connectivity index (χ1v) is 9.35. The molecule has 0 unspecified atom stereocenters. The number of hydrogen-bond donors (Lipinski definition) is 1. The van der Waals surface area contributed by atoms with Gasteiger partial charge in [0.1, 0.15) is 12.4 Å². The molecule has 4 heteroatoms. The fraction of sp³-hybridized carbons (Fsp3) is 0.409. The predicted molar refractivity (Wildman–Crippen MR) is 105 cm³/mol. The van der Waals surface area contributed by atoms with Crippen LogP contribution in [0.15, 0.2) is 54.6 Å². The number of anilines is 1. The van der Waals surface area contributed by atoms with Crippen LogP contribution in [0.4, 0.5) is 5.69 Å². The van der Waals surface area contributed by atoms with E-state index in [2.05, 4.69) is 34.3 Å². The van der Waals surface area contributed by atoms with Gasteiger partial charge in [0.25, 0.3) is 0 Å². The summed E-state index contributed by atoms with van der Waals surface area (Å²) in [6.45, 7) is 1.55. The lowest BCUT2D eigenvalue weighted by Gasteiger charge is -2.09. The Hall–Kier alpha value is -2.49. The minimum atomic E-state index is -0.108. The molecule has 0 aliphatic carbocycles. The summed E-state index contributed by atoms with van der Waals surface area (Å²) in [5.74, 6) is 0.771. The quantitative estimate of drug-likeness (QED) is 0.420. The molecule has 2 aromatic carbocycles. The Balaban J connectivity index is 1.54. The predicted octanol–water partition coefficient (Wildman–Crippen LogP) is 5.19. The van der Waals surface area contributed by atoms with Gasteiger partial charge in [0.15, 0.2) is 0 Å². The molecule has 0 fully saturated rings. The van der Waals surface area contributed by atoms with E-state index in [-0.39, 0.29) is 5.97 Å². The molecule has 0 heterocycles. The van der Waals surface area contributed by atoms with Gasteiger partial charge in [-0.1, -0.05) is 49.6 Å². The van der Waals surface area contributed by atoms with Crippen LogP contribution in [0.25, 0.3) is 0 Å². The highest BCUT2D eigenvalue weighted by molar-refractivity contribution is 5.68. The number of benzene rings is 2. The average molecular weight is 355 g/mol. The fourth-order valence-corrected chi connectivity index (χ4v) is 2.67. The molecule has 0 saturated heterocycles. The molecular weight excluding hydrogens is 326 g/mol. The lowest BCUT2D eigenvalue weighted by Crippen LogP contribution is -2.02. The number of carbonyl (C=O) groups is 1. The SMILES string of the molecule is COC(=O)CCCCCCCNc1ccc(OCc2ccccc2)cc1. The van der Waals surface area contributed by atoms with E-state index in [0.29, 0.717) is 13.0 Å². The van der Waals surface area contributed by atoms with Crippen molar-refractivity contribution in [1.82, 2.24) is 0 Å². The third-order valence-corrected chi connectivity index (χ3v) is 4.22. The first-order chi connectivity index (χ1) is 12.8. The number of methoxy groups -OCH3 is 1. The van der Waals surface area contributed by atoms with Crippen LogP contribution >= 0.6 is 0 Å². The standard InChI is InChI=1S/C22H29NO3/c1-25-22(24)12-8-3-2-4-9-17-23-20-13-15-21(16-14-20)26-18-19-10-6-5-7-11-19/h5-7,10-11,13-16,23H,2-4,8-9,12,17-18H2,1H3. The third kappa shape index (κ3) is 8.06. The summed E-state index contributed by atoms with van der Waals surface area (Å²) < 4.78 is 10.4. The van der Waals surface area contributed by atoms with Crippen LogP contribution in [0.1, 0.15) is 44.1 Å². The van der Waals surface area contributed by atoms with Crippen molar-refractivity contribution in [2.24, 2.45) is 0 Å². The van der Waals surface area contributed by atoms with Crippen molar-refractivity contribution in [2.45, 2.75) is 45.1 Å². The van der Waals surface area contributed by atoms with E-state index in [1.165, 1.54) is 19.1 Å². The first-order valence-electron chi connectivity index (χ1n) is 9.35. The van der Waals surface area contributed by atoms with Crippen LogP contribution in [-0.4, -0.2) is 19.6 Å². The van der Waals surface area contributed by atoms with Crippen molar-refractivity contribution in [3.8, 4) is 5.75 Å². The van der Waals surface area contributed by atoms with Crippen LogP contribution < -0.4 is 10.1 Å². The van der Waals surface area contributed by atoms with Crippen molar-refractivity contribution in [1.29, 1.82) is 0 Å². The van der Waals surface area contributed by atoms with Gasteiger partial charge in [-0.25, -0.2) is 0 Å². The van der Waals surface area contributed by atoms with Crippen molar-refractivity contribution in [3.63, 3.8) is 0 Å². The maximum Gasteiger partial charge on any atom is 0.305 e. The Bertz CT molecular complexity index is 626. The largest absolute Gasteiger partial charge is 0.489 e. The summed E-state index contributed by atoms with van der Waals surface area (Å²) in [6, 6.07) is 18.3. The molecule has 0 aliphatic heterocycles. The molecule has 0 atom stereocenters. The van der Waals surface area contributed by atoms with Gasteiger partial charge in [-0.2, -0.15) is 0 Å². The summed E-state index contributed by atoms with van der Waals surface area (Å²) in [5, 5.41) is 3.43. The van der Waals surface area contributed by atoms with Crippen molar-refractivity contribution in [3.05, 3.63) is 60.2 Å². The van der Waals surface area contributed by atoms with Gasteiger partial charge in [-0.05, 0) is 42.7 Å². The zero-order valence-electron chi connectivity index (χ0n) is 15.6. The molecule has 0 spiro atoms. The van der Waals surface area contributed by atoms with Crippen LogP contribution in [0.3, 0.4) is 0 Å². The van der Waals surface area contributed by atoms with Crippen LogP contribution in [0, 0.1) is 0 Å². The van der Waals surface area contributed by atoms with E-state index in [9.17, 15) is 4.79 Å². The molecule has 26 heavy (non-hydrogen) atoms. The normalized spacial score (nSPS) is 10.3. The average Bonchev–Trinajstić information content (AvgIpc) is 2.70. The van der Waals surface area contributed by atoms with Gasteiger partial charge in [0.05, 0.1) is 7.11 Å². The molecule has 4 nitrogen and oxygen atoms in total. The van der Waals surface area contributed by atoms with Crippen molar-refractivity contribution in [2.75, 3.05) is 19.0 Å². The summed E-state index contributed by atoms with van der Waals surface area (Å²) >= 11 is 0. The highest BCUT2D eigenvalue weighted by Gasteiger charge is 2.00. The number of ether oxygens (including phenoxy) is 2. The van der Waals surface area contributed by atoms with Crippen molar-refractivity contribution >= 4 is 11.7 Å². The van der Waals surface area contributed by atoms with E-state index < -0.39 is 0 Å². The molecule has 0 amide bonds. The minimum Gasteiger partial charge on any atom is -0.489 e. The van der Waals surface area contributed by atoms with Gasteiger partial charge < -0.3 is 14.8 Å². The topological polar surface area (TPSA) is 47.6 Å². The smallest absolute Gasteiger partial charge is 0.305 e. The molecule has 2 rings (SSSR count). The summed E-state index contributed by atoms with van der Waals surface area (Å²) in [6.07, 6.45) is 6.00. The van der Waals surface area contributed by atoms with Crippen LogP contribution in [0.2, 0.25) is 0 Å². The van der Waals surface area contributed by atoms with Crippen LogP contribution in [-0.2, 0) is 16.1 Å². The molecule has 0 aliphatic rings. The minimum absolute atomic E-state index is 0.108. The maximum absolute atomic E-state index is 11.0. The van der Waals surface area contributed by atoms with E-state index in [1.807, 2.05) is 30.3 Å². The molecule has 0 aromatic heterocycles. The fourth-order valence-electron chi connectivity index (χ4n) is 2.67. The summed E-state index contributed by atoms with van der Waals surface area (Å²) in [4.78, 5) is 11.0. The molecule has 1 N–H and O–H groups in total. The monoisotopic (exact) mass is 355 g/mol. The Morgan fingerprint density at radius 2 is 1.58 bits per heavy atom. The molecular formula is C22H29NO3. The van der Waals surface area contributed by atoms with E-state index in [0.717, 1.165) is 43.7 Å². The van der Waals surface area contributed by atoms with Gasteiger partial charge in [-0.3, -0.25) is 4.79 Å². The van der Waals surface area contributed by atoms with E-state index >= 15 is 0 Å². The number of nitrogens with one attached hydrogen (secondary N) is 1. The number of rotatable bonds is 12. The second-order valence-corrected chi connectivity index (χ2v) is 6.32. The number of hydrogen-bond acceptors (Lipinski definition) is 4. The second kappa shape index (κ2) is 12.0. The number of carbonyl (C=O) groups excluding carboxylic acids is 1. The lowest BCUT2D eigenvalue weighted by molar-refractivity contribution is -0.140. The highest BCUT2D eigenvalue weighted by Crippen LogP contribution is 2.17. The second-order valence-electron chi connectivity index (χ2n) is 6.32. The lowest BCUT2D eigenvalue weighted by atomic mass is 10.1. The van der Waals surface area contributed by atoms with Gasteiger partial charge in [0.2, 0.25) is 0 Å². The molecule has 0 radical (unpaired) electrons. The van der Waals surface area contributed by atoms with E-state index in [4.69, 9.17) is 4.74 Å². The Kier molecular flexibility index (Phi) is 9.12. The zero-order valence-corrected chi connectivity index (χ0v) is 15.6. The Morgan fingerprint density at radius 3 is 2.31 bits per heavy atom. The molecule has 140 valence electrons. The summed E-state index contributed by atoms with van der Waals surface area (Å²) in [7, 11) is 1.44. The van der Waals surface area contributed by atoms with Crippen molar-refractivity contribution < 1.29 is 14.3 Å². The number of unbranched alkanes of at least 4 members (excludes halogenated alkanes) is 4. The van der Waals surface area contributed by atoms with Crippen LogP contribution in [0.5, 0.6) is 5.75 Å². The molecule has 0 saturated carbocycles. The van der Waals surface area contributed by atoms with Gasteiger partial charge in [0, 0.05) is 18.7 Å². The molecule has 2 aromatic rings. The maximum atomic E-state index is 11.0. The number of esters is 1. The Labute approximate surface area is 156 Å². The van der Waals surface area contributed by atoms with Gasteiger partial charge in [-0.15, -0.1) is 0 Å². The zero-order chi connectivity index (χ0) is 18.5. The third-order valence-electron chi connectivity index (χ3n) is 4.22. The highest BCUT2D eigenvalue weighted by atomic mass is 16.5. The van der Waals surface area contributed by atoms with Gasteiger partial charge >= 0.3 is 5.97 Å². The first kappa shape index (κ1) is 19.8. The Morgan fingerprint density at radius 1 is 0.885 bits per heavy atom. The van der Waals surface area contributed by atoms with E-state index in [1.54, 1.807) is 0 Å².